The third-order valence-corrected chi connectivity index (χ3v) is 2.99. The van der Waals surface area contributed by atoms with Gasteiger partial charge in [-0.3, -0.25) is 4.90 Å². The van der Waals surface area contributed by atoms with E-state index in [1.54, 1.807) is 17.0 Å². The van der Waals surface area contributed by atoms with E-state index < -0.39 is 0 Å². The molecule has 1 heterocycles. The SMILES string of the molecule is CC1CNCC(C)N1C(=O)Oc1ccccc1. The van der Waals surface area contributed by atoms with Crippen LogP contribution in [-0.4, -0.2) is 36.2 Å². The molecule has 1 aromatic carbocycles. The lowest BCUT2D eigenvalue weighted by Crippen LogP contribution is -2.57. The number of carbonyl (C=O) groups excluding carboxylic acids is 1. The summed E-state index contributed by atoms with van der Waals surface area (Å²) in [7, 11) is 0. The van der Waals surface area contributed by atoms with Gasteiger partial charge in [0.1, 0.15) is 5.75 Å². The highest BCUT2D eigenvalue weighted by molar-refractivity contribution is 5.71. The van der Waals surface area contributed by atoms with Crippen molar-refractivity contribution in [3.05, 3.63) is 30.3 Å². The minimum Gasteiger partial charge on any atom is -0.410 e. The van der Waals surface area contributed by atoms with Gasteiger partial charge in [0.15, 0.2) is 0 Å². The summed E-state index contributed by atoms with van der Waals surface area (Å²) in [6.45, 7) is 5.67. The number of para-hydroxylation sites is 1. The zero-order valence-corrected chi connectivity index (χ0v) is 10.2. The number of hydrogen-bond donors (Lipinski definition) is 1. The number of nitrogens with zero attached hydrogens (tertiary/aromatic N) is 1. The van der Waals surface area contributed by atoms with Gasteiger partial charge in [0, 0.05) is 25.2 Å². The van der Waals surface area contributed by atoms with Crippen LogP contribution in [0.15, 0.2) is 30.3 Å². The molecule has 1 aromatic rings. The maximum atomic E-state index is 12.1. The van der Waals surface area contributed by atoms with E-state index in [2.05, 4.69) is 5.32 Å². The number of benzene rings is 1. The van der Waals surface area contributed by atoms with Crippen LogP contribution >= 0.6 is 0 Å². The number of carbonyl (C=O) groups is 1. The maximum Gasteiger partial charge on any atom is 0.415 e. The molecular weight excluding hydrogens is 216 g/mol. The monoisotopic (exact) mass is 234 g/mol. The normalized spacial score (nSPS) is 24.5. The van der Waals surface area contributed by atoms with E-state index in [0.29, 0.717) is 5.75 Å². The van der Waals surface area contributed by atoms with Crippen LogP contribution in [-0.2, 0) is 0 Å². The van der Waals surface area contributed by atoms with Crippen molar-refractivity contribution in [3.8, 4) is 5.75 Å². The molecule has 4 nitrogen and oxygen atoms in total. The minimum atomic E-state index is -0.266. The molecule has 1 aliphatic heterocycles. The summed E-state index contributed by atoms with van der Waals surface area (Å²) in [6, 6.07) is 9.50. The summed E-state index contributed by atoms with van der Waals surface area (Å²) in [5, 5.41) is 3.28. The molecule has 0 radical (unpaired) electrons. The molecule has 0 bridgehead atoms. The Morgan fingerprint density at radius 2 is 1.82 bits per heavy atom. The summed E-state index contributed by atoms with van der Waals surface area (Å²) in [5.41, 5.74) is 0. The van der Waals surface area contributed by atoms with Gasteiger partial charge in [-0.15, -0.1) is 0 Å². The Bertz CT molecular complexity index is 370. The van der Waals surface area contributed by atoms with Crippen LogP contribution in [0.3, 0.4) is 0 Å². The Morgan fingerprint density at radius 3 is 2.41 bits per heavy atom. The summed E-state index contributed by atoms with van der Waals surface area (Å²) >= 11 is 0. The first-order chi connectivity index (χ1) is 8.18. The first-order valence-electron chi connectivity index (χ1n) is 5.94. The minimum absolute atomic E-state index is 0.162. The molecule has 4 heteroatoms. The van der Waals surface area contributed by atoms with Crippen LogP contribution in [0.1, 0.15) is 13.8 Å². The first-order valence-corrected chi connectivity index (χ1v) is 5.94. The van der Waals surface area contributed by atoms with Gasteiger partial charge in [0.25, 0.3) is 0 Å². The third kappa shape index (κ3) is 2.77. The van der Waals surface area contributed by atoms with E-state index in [-0.39, 0.29) is 18.2 Å². The van der Waals surface area contributed by atoms with E-state index >= 15 is 0 Å². The van der Waals surface area contributed by atoms with Crippen molar-refractivity contribution < 1.29 is 9.53 Å². The molecule has 92 valence electrons. The van der Waals surface area contributed by atoms with Crippen LogP contribution in [0.4, 0.5) is 4.79 Å². The van der Waals surface area contributed by atoms with Gasteiger partial charge in [-0.2, -0.15) is 0 Å². The quantitative estimate of drug-likeness (QED) is 0.806. The summed E-state index contributed by atoms with van der Waals surface area (Å²) in [5.74, 6) is 0.593. The molecule has 2 atom stereocenters. The van der Waals surface area contributed by atoms with Crippen molar-refractivity contribution >= 4 is 6.09 Å². The fourth-order valence-corrected chi connectivity index (χ4v) is 2.13. The fourth-order valence-electron chi connectivity index (χ4n) is 2.13. The van der Waals surface area contributed by atoms with Gasteiger partial charge in [0.2, 0.25) is 0 Å². The number of amides is 1. The lowest BCUT2D eigenvalue weighted by Gasteiger charge is -2.38. The number of piperazine rings is 1. The zero-order chi connectivity index (χ0) is 12.3. The Morgan fingerprint density at radius 1 is 1.24 bits per heavy atom. The van der Waals surface area contributed by atoms with Crippen LogP contribution < -0.4 is 10.1 Å². The Hall–Kier alpha value is -1.55. The number of ether oxygens (including phenoxy) is 1. The molecule has 1 saturated heterocycles. The van der Waals surface area contributed by atoms with Gasteiger partial charge in [0.05, 0.1) is 0 Å². The van der Waals surface area contributed by atoms with Crippen molar-refractivity contribution in [3.63, 3.8) is 0 Å². The van der Waals surface area contributed by atoms with Crippen molar-refractivity contribution in [1.29, 1.82) is 0 Å². The van der Waals surface area contributed by atoms with Crippen molar-refractivity contribution in [2.75, 3.05) is 13.1 Å². The second-order valence-electron chi connectivity index (χ2n) is 4.44. The highest BCUT2D eigenvalue weighted by Gasteiger charge is 2.30. The van der Waals surface area contributed by atoms with Crippen molar-refractivity contribution in [2.45, 2.75) is 25.9 Å². The maximum absolute atomic E-state index is 12.1. The molecule has 0 aromatic heterocycles. The smallest absolute Gasteiger partial charge is 0.410 e. The highest BCUT2D eigenvalue weighted by atomic mass is 16.6. The largest absolute Gasteiger partial charge is 0.415 e. The first kappa shape index (κ1) is 11.9. The topological polar surface area (TPSA) is 41.6 Å². The van der Waals surface area contributed by atoms with E-state index in [0.717, 1.165) is 13.1 Å². The average molecular weight is 234 g/mol. The summed E-state index contributed by atoms with van der Waals surface area (Å²) in [4.78, 5) is 13.9. The van der Waals surface area contributed by atoms with Gasteiger partial charge in [-0.1, -0.05) is 18.2 Å². The van der Waals surface area contributed by atoms with E-state index in [4.69, 9.17) is 4.74 Å². The van der Waals surface area contributed by atoms with Crippen LogP contribution in [0, 0.1) is 0 Å². The lowest BCUT2D eigenvalue weighted by atomic mass is 10.1. The van der Waals surface area contributed by atoms with Crippen LogP contribution in [0.2, 0.25) is 0 Å². The number of rotatable bonds is 1. The van der Waals surface area contributed by atoms with E-state index in [9.17, 15) is 4.79 Å². The van der Waals surface area contributed by atoms with E-state index in [1.165, 1.54) is 0 Å². The average Bonchev–Trinajstić information content (AvgIpc) is 2.30. The standard InChI is InChI=1S/C13H18N2O2/c1-10-8-14-9-11(2)15(10)13(16)17-12-6-4-3-5-7-12/h3-7,10-11,14H,8-9H2,1-2H3. The number of hydrogen-bond acceptors (Lipinski definition) is 3. The molecule has 2 unspecified atom stereocenters. The Labute approximate surface area is 102 Å². The molecular formula is C13H18N2O2. The highest BCUT2D eigenvalue weighted by Crippen LogP contribution is 2.15. The molecule has 1 aliphatic rings. The van der Waals surface area contributed by atoms with Crippen molar-refractivity contribution in [1.82, 2.24) is 10.2 Å². The third-order valence-electron chi connectivity index (χ3n) is 2.99. The summed E-state index contributed by atoms with van der Waals surface area (Å²) < 4.78 is 5.35. The molecule has 17 heavy (non-hydrogen) atoms. The number of nitrogens with one attached hydrogen (secondary N) is 1. The second kappa shape index (κ2) is 5.19. The molecule has 2 rings (SSSR count). The summed E-state index contributed by atoms with van der Waals surface area (Å²) in [6.07, 6.45) is -0.266. The molecule has 1 fully saturated rings. The predicted molar refractivity (Wildman–Crippen MR) is 66.1 cm³/mol. The van der Waals surface area contributed by atoms with Gasteiger partial charge in [-0.25, -0.2) is 4.79 Å². The molecule has 0 aliphatic carbocycles. The van der Waals surface area contributed by atoms with Gasteiger partial charge < -0.3 is 10.1 Å². The second-order valence-corrected chi connectivity index (χ2v) is 4.44. The van der Waals surface area contributed by atoms with E-state index in [1.807, 2.05) is 32.0 Å². The Kier molecular flexibility index (Phi) is 3.64. The predicted octanol–water partition coefficient (Wildman–Crippen LogP) is 1.87. The van der Waals surface area contributed by atoms with Gasteiger partial charge >= 0.3 is 6.09 Å². The fraction of sp³-hybridized carbons (Fsp3) is 0.462. The van der Waals surface area contributed by atoms with Crippen LogP contribution in [0.25, 0.3) is 0 Å². The molecule has 0 spiro atoms. The van der Waals surface area contributed by atoms with Gasteiger partial charge in [-0.05, 0) is 26.0 Å². The Balaban J connectivity index is 2.04. The van der Waals surface area contributed by atoms with Crippen LogP contribution in [0.5, 0.6) is 5.75 Å². The molecule has 1 N–H and O–H groups in total. The zero-order valence-electron chi connectivity index (χ0n) is 10.2. The molecule has 0 saturated carbocycles. The molecule has 1 amide bonds. The lowest BCUT2D eigenvalue weighted by molar-refractivity contribution is 0.0969. The van der Waals surface area contributed by atoms with Crippen molar-refractivity contribution in [2.24, 2.45) is 0 Å².